The van der Waals surface area contributed by atoms with Crippen LogP contribution in [0.2, 0.25) is 5.02 Å². The second-order valence-corrected chi connectivity index (χ2v) is 5.22. The Balaban J connectivity index is 2.11. The summed E-state index contributed by atoms with van der Waals surface area (Å²) in [6.07, 6.45) is 2.77. The third-order valence-electron chi connectivity index (χ3n) is 3.06. The van der Waals surface area contributed by atoms with Crippen LogP contribution in [0.1, 0.15) is 23.7 Å². The molecule has 0 saturated heterocycles. The number of aromatic nitrogens is 1. The lowest BCUT2D eigenvalue weighted by molar-refractivity contribution is 0.972. The number of benzene rings is 1. The molecule has 0 fully saturated rings. The van der Waals surface area contributed by atoms with Gasteiger partial charge in [-0.3, -0.25) is 4.98 Å². The van der Waals surface area contributed by atoms with Crippen molar-refractivity contribution in [3.63, 3.8) is 0 Å². The van der Waals surface area contributed by atoms with Gasteiger partial charge in [0.2, 0.25) is 0 Å². The number of rotatable bonds is 5. The lowest BCUT2D eigenvalue weighted by Gasteiger charge is -2.10. The van der Waals surface area contributed by atoms with Gasteiger partial charge in [-0.25, -0.2) is 0 Å². The van der Waals surface area contributed by atoms with Gasteiger partial charge < -0.3 is 11.1 Å². The number of halogens is 1. The van der Waals surface area contributed by atoms with Gasteiger partial charge in [0.15, 0.2) is 0 Å². The number of nitrogens with zero attached hydrogens (tertiary/aromatic N) is 1. The van der Waals surface area contributed by atoms with Crippen LogP contribution in [0.25, 0.3) is 0 Å². The molecule has 1 aromatic carbocycles. The molecule has 0 spiro atoms. The molecule has 0 bridgehead atoms. The summed E-state index contributed by atoms with van der Waals surface area (Å²) in [5.41, 5.74) is 9.48. The summed E-state index contributed by atoms with van der Waals surface area (Å²) >= 11 is 11.1. The highest BCUT2D eigenvalue weighted by molar-refractivity contribution is 7.80. The lowest BCUT2D eigenvalue weighted by Crippen LogP contribution is -2.10. The molecule has 3 N–H and O–H groups in total. The average Bonchev–Trinajstić information content (AvgIpc) is 2.45. The number of hydrogen-bond donors (Lipinski definition) is 2. The van der Waals surface area contributed by atoms with E-state index < -0.39 is 0 Å². The van der Waals surface area contributed by atoms with Crippen molar-refractivity contribution in [2.75, 3.05) is 5.32 Å². The molecule has 0 saturated carbocycles. The van der Waals surface area contributed by atoms with Gasteiger partial charge in [0, 0.05) is 17.4 Å². The van der Waals surface area contributed by atoms with Crippen LogP contribution in [0.3, 0.4) is 0 Å². The number of pyridine rings is 1. The Morgan fingerprint density at radius 2 is 2.20 bits per heavy atom. The van der Waals surface area contributed by atoms with Gasteiger partial charge in [-0.2, -0.15) is 0 Å². The summed E-state index contributed by atoms with van der Waals surface area (Å²) < 4.78 is 0. The van der Waals surface area contributed by atoms with Crippen molar-refractivity contribution in [2.45, 2.75) is 19.9 Å². The van der Waals surface area contributed by atoms with Crippen molar-refractivity contribution in [1.82, 2.24) is 4.98 Å². The van der Waals surface area contributed by atoms with Gasteiger partial charge in [0.05, 0.1) is 17.3 Å². The van der Waals surface area contributed by atoms with Crippen LogP contribution in [0, 0.1) is 0 Å². The number of thiocarbonyl (C=S) groups is 1. The van der Waals surface area contributed by atoms with Gasteiger partial charge in [0.1, 0.15) is 4.99 Å². The Labute approximate surface area is 129 Å². The number of hydrogen-bond acceptors (Lipinski definition) is 3. The normalized spacial score (nSPS) is 10.3. The third kappa shape index (κ3) is 3.46. The van der Waals surface area contributed by atoms with Gasteiger partial charge >= 0.3 is 0 Å². The molecule has 1 aromatic heterocycles. The molecular weight excluding hydrogens is 290 g/mol. The predicted molar refractivity (Wildman–Crippen MR) is 88.3 cm³/mol. The van der Waals surface area contributed by atoms with Crippen LogP contribution < -0.4 is 11.1 Å². The van der Waals surface area contributed by atoms with E-state index in [0.29, 0.717) is 22.1 Å². The summed E-state index contributed by atoms with van der Waals surface area (Å²) in [5.74, 6) is 0. The molecule has 0 aliphatic rings. The Morgan fingerprint density at radius 1 is 1.40 bits per heavy atom. The lowest BCUT2D eigenvalue weighted by atomic mass is 10.1. The number of aryl methyl sites for hydroxylation is 1. The fourth-order valence-corrected chi connectivity index (χ4v) is 2.48. The first-order valence-electron chi connectivity index (χ1n) is 6.37. The fourth-order valence-electron chi connectivity index (χ4n) is 1.96. The van der Waals surface area contributed by atoms with E-state index >= 15 is 0 Å². The van der Waals surface area contributed by atoms with Crippen molar-refractivity contribution < 1.29 is 0 Å². The Hall–Kier alpha value is -1.65. The Bertz CT molecular complexity index is 628. The third-order valence-corrected chi connectivity index (χ3v) is 3.59. The van der Waals surface area contributed by atoms with Crippen LogP contribution >= 0.6 is 23.8 Å². The zero-order valence-corrected chi connectivity index (χ0v) is 12.8. The molecule has 0 aliphatic heterocycles. The fraction of sp³-hybridized carbons (Fsp3) is 0.200. The molecule has 104 valence electrons. The van der Waals surface area contributed by atoms with Crippen LogP contribution in [0.4, 0.5) is 5.69 Å². The molecule has 0 atom stereocenters. The summed E-state index contributed by atoms with van der Waals surface area (Å²) in [6.45, 7) is 2.78. The first-order valence-corrected chi connectivity index (χ1v) is 7.16. The smallest absolute Gasteiger partial charge is 0.105 e. The molecule has 2 aromatic rings. The van der Waals surface area contributed by atoms with Crippen LogP contribution in [0.5, 0.6) is 0 Å². The molecule has 2 rings (SSSR count). The van der Waals surface area contributed by atoms with E-state index in [4.69, 9.17) is 29.6 Å². The van der Waals surface area contributed by atoms with E-state index in [2.05, 4.69) is 23.3 Å². The number of nitrogens with one attached hydrogen (secondary N) is 1. The summed E-state index contributed by atoms with van der Waals surface area (Å²) in [6, 6.07) is 9.61. The molecule has 0 radical (unpaired) electrons. The Kier molecular flexibility index (Phi) is 4.93. The topological polar surface area (TPSA) is 50.9 Å². The van der Waals surface area contributed by atoms with E-state index in [1.807, 2.05) is 24.3 Å². The van der Waals surface area contributed by atoms with E-state index in [9.17, 15) is 0 Å². The van der Waals surface area contributed by atoms with Crippen LogP contribution in [-0.2, 0) is 13.0 Å². The molecule has 20 heavy (non-hydrogen) atoms. The van der Waals surface area contributed by atoms with Crippen molar-refractivity contribution in [3.05, 3.63) is 58.4 Å². The van der Waals surface area contributed by atoms with Crippen LogP contribution in [0.15, 0.2) is 36.5 Å². The minimum atomic E-state index is 0.305. The first-order chi connectivity index (χ1) is 9.61. The highest BCUT2D eigenvalue weighted by Crippen LogP contribution is 2.21. The molecule has 5 heteroatoms. The zero-order chi connectivity index (χ0) is 14.5. The first kappa shape index (κ1) is 14.8. The van der Waals surface area contributed by atoms with E-state index in [0.717, 1.165) is 17.8 Å². The van der Waals surface area contributed by atoms with Crippen molar-refractivity contribution in [3.8, 4) is 0 Å². The van der Waals surface area contributed by atoms with Gasteiger partial charge in [-0.15, -0.1) is 0 Å². The summed E-state index contributed by atoms with van der Waals surface area (Å²) in [5, 5.41) is 3.87. The second-order valence-electron chi connectivity index (χ2n) is 4.38. The molecular formula is C15H16ClN3S. The second kappa shape index (κ2) is 6.68. The summed E-state index contributed by atoms with van der Waals surface area (Å²) in [7, 11) is 0. The monoisotopic (exact) mass is 305 g/mol. The molecule has 0 aliphatic carbocycles. The number of anilines is 1. The molecule has 0 amide bonds. The quantitative estimate of drug-likeness (QED) is 0.830. The largest absolute Gasteiger partial charge is 0.389 e. The maximum atomic E-state index is 6.14. The van der Waals surface area contributed by atoms with E-state index in [1.54, 1.807) is 6.20 Å². The molecule has 3 nitrogen and oxygen atoms in total. The summed E-state index contributed by atoms with van der Waals surface area (Å²) in [4.78, 5) is 4.70. The molecule has 0 unspecified atom stereocenters. The highest BCUT2D eigenvalue weighted by atomic mass is 35.5. The van der Waals surface area contributed by atoms with Crippen molar-refractivity contribution in [2.24, 2.45) is 5.73 Å². The van der Waals surface area contributed by atoms with Crippen molar-refractivity contribution in [1.29, 1.82) is 0 Å². The highest BCUT2D eigenvalue weighted by Gasteiger charge is 2.05. The van der Waals surface area contributed by atoms with Gasteiger partial charge in [0.25, 0.3) is 0 Å². The maximum Gasteiger partial charge on any atom is 0.105 e. The van der Waals surface area contributed by atoms with E-state index in [-0.39, 0.29) is 0 Å². The number of nitrogens with two attached hydrogens (primary N) is 1. The zero-order valence-electron chi connectivity index (χ0n) is 11.2. The average molecular weight is 306 g/mol. The minimum absolute atomic E-state index is 0.305. The SMILES string of the molecule is CCc1cccnc1CNc1ccc(C(N)=S)c(Cl)c1. The van der Waals surface area contributed by atoms with E-state index in [1.165, 1.54) is 5.56 Å². The van der Waals surface area contributed by atoms with Gasteiger partial charge in [-0.05, 0) is 36.2 Å². The Morgan fingerprint density at radius 3 is 2.85 bits per heavy atom. The van der Waals surface area contributed by atoms with Crippen LogP contribution in [-0.4, -0.2) is 9.97 Å². The van der Waals surface area contributed by atoms with Gasteiger partial charge in [-0.1, -0.05) is 36.8 Å². The predicted octanol–water partition coefficient (Wildman–Crippen LogP) is 3.54. The minimum Gasteiger partial charge on any atom is -0.389 e. The maximum absolute atomic E-state index is 6.14. The molecule has 1 heterocycles. The standard InChI is InChI=1S/C15H16ClN3S/c1-2-10-4-3-7-18-14(10)9-19-11-5-6-12(15(17)20)13(16)8-11/h3-8,19H,2,9H2,1H3,(H2,17,20). The van der Waals surface area contributed by atoms with Crippen molar-refractivity contribution >= 4 is 34.5 Å².